The number of piperidine rings is 1. The Morgan fingerprint density at radius 3 is 2.92 bits per heavy atom. The fourth-order valence-corrected chi connectivity index (χ4v) is 4.68. The number of fused-ring (bicyclic) bond motifs is 3. The molecule has 2 aromatic carbocycles. The molecule has 128 valence electrons. The molecule has 2 aliphatic rings. The maximum Gasteiger partial charge on any atom is 0.0651 e. The van der Waals surface area contributed by atoms with E-state index in [0.29, 0.717) is 12.1 Å². The second kappa shape index (κ2) is 6.04. The van der Waals surface area contributed by atoms with E-state index in [1.807, 2.05) is 18.3 Å². The zero-order valence-corrected chi connectivity index (χ0v) is 14.7. The molecule has 1 saturated carbocycles. The molecule has 2 bridgehead atoms. The molecule has 3 aromatic rings. The number of rotatable bonds is 4. The van der Waals surface area contributed by atoms with Crippen LogP contribution in [-0.2, 0) is 6.54 Å². The van der Waals surface area contributed by atoms with Crippen LogP contribution in [0.2, 0.25) is 5.02 Å². The lowest BCUT2D eigenvalue weighted by Crippen LogP contribution is -2.36. The molecule has 5 heteroatoms. The maximum atomic E-state index is 6.01. The maximum absolute atomic E-state index is 6.01. The number of aromatic amines is 1. The number of hydrogen-bond acceptors (Lipinski definition) is 3. The van der Waals surface area contributed by atoms with E-state index in [4.69, 9.17) is 11.6 Å². The van der Waals surface area contributed by atoms with Gasteiger partial charge in [-0.15, -0.1) is 0 Å². The fourth-order valence-electron chi connectivity index (χ4n) is 4.55. The third-order valence-corrected chi connectivity index (χ3v) is 6.02. The van der Waals surface area contributed by atoms with Gasteiger partial charge in [-0.05, 0) is 54.7 Å². The number of halogens is 1. The van der Waals surface area contributed by atoms with Crippen molar-refractivity contribution in [3.63, 3.8) is 0 Å². The summed E-state index contributed by atoms with van der Waals surface area (Å²) in [4.78, 5) is 2.63. The van der Waals surface area contributed by atoms with Crippen molar-refractivity contribution in [2.24, 2.45) is 5.92 Å². The summed E-state index contributed by atoms with van der Waals surface area (Å²) >= 11 is 6.01. The quantitative estimate of drug-likeness (QED) is 0.736. The smallest absolute Gasteiger partial charge is 0.0651 e. The molecule has 25 heavy (non-hydrogen) atoms. The molecule has 0 spiro atoms. The van der Waals surface area contributed by atoms with Crippen molar-refractivity contribution in [1.82, 2.24) is 15.1 Å². The molecule has 1 aromatic heterocycles. The van der Waals surface area contributed by atoms with Crippen LogP contribution >= 0.6 is 11.6 Å². The van der Waals surface area contributed by atoms with Crippen LogP contribution in [-0.4, -0.2) is 33.7 Å². The number of likely N-dealkylation sites (tertiary alicyclic amines) is 1. The zero-order chi connectivity index (χ0) is 16.8. The Hall–Kier alpha value is -2.04. The van der Waals surface area contributed by atoms with Gasteiger partial charge in [0.15, 0.2) is 0 Å². The summed E-state index contributed by atoms with van der Waals surface area (Å²) in [5.74, 6) is 0.734. The molecule has 3 unspecified atom stereocenters. The average molecular weight is 353 g/mol. The highest BCUT2D eigenvalue weighted by molar-refractivity contribution is 6.30. The lowest BCUT2D eigenvalue weighted by molar-refractivity contribution is 0.204. The first-order valence-corrected chi connectivity index (χ1v) is 9.32. The van der Waals surface area contributed by atoms with Gasteiger partial charge in [-0.25, -0.2) is 0 Å². The first kappa shape index (κ1) is 15.2. The molecular weight excluding hydrogens is 332 g/mol. The van der Waals surface area contributed by atoms with Crippen molar-refractivity contribution >= 4 is 28.2 Å². The molecule has 0 radical (unpaired) electrons. The van der Waals surface area contributed by atoms with Gasteiger partial charge in [0, 0.05) is 41.3 Å². The van der Waals surface area contributed by atoms with Crippen LogP contribution in [0.4, 0.5) is 5.69 Å². The predicted octanol–water partition coefficient (Wildman–Crippen LogP) is 4.29. The molecular formula is C20H21ClN4. The van der Waals surface area contributed by atoms with Gasteiger partial charge in [-0.1, -0.05) is 23.7 Å². The second-order valence-corrected chi connectivity index (χ2v) is 7.74. The third-order valence-electron chi connectivity index (χ3n) is 5.77. The molecule has 2 fully saturated rings. The number of H-pyrrole nitrogens is 1. The summed E-state index contributed by atoms with van der Waals surface area (Å²) in [5.41, 5.74) is 3.63. The van der Waals surface area contributed by atoms with Crippen molar-refractivity contribution in [2.75, 3.05) is 11.9 Å². The molecule has 1 saturated heterocycles. The molecule has 3 atom stereocenters. The Balaban J connectivity index is 1.32. The monoisotopic (exact) mass is 352 g/mol. The highest BCUT2D eigenvalue weighted by atomic mass is 35.5. The highest BCUT2D eigenvalue weighted by Crippen LogP contribution is 2.40. The molecule has 5 rings (SSSR count). The summed E-state index contributed by atoms with van der Waals surface area (Å²) in [7, 11) is 0. The molecule has 2 N–H and O–H groups in total. The van der Waals surface area contributed by atoms with Gasteiger partial charge in [0.1, 0.15) is 0 Å². The van der Waals surface area contributed by atoms with Crippen molar-refractivity contribution in [2.45, 2.75) is 31.5 Å². The van der Waals surface area contributed by atoms with E-state index in [1.54, 1.807) is 0 Å². The molecule has 2 heterocycles. The van der Waals surface area contributed by atoms with Crippen LogP contribution in [0.3, 0.4) is 0 Å². The standard InChI is InChI=1S/C20H21ClN4/c21-16-4-1-13(2-5-16)11-25-12-14-3-8-19(25)20(14)23-17-6-7-18-15(9-17)10-22-24-18/h1-2,4-7,9-10,14,19-20,23H,3,8,11-12H2,(H,22,24). The number of aromatic nitrogens is 2. The lowest BCUT2D eigenvalue weighted by Gasteiger charge is -2.27. The van der Waals surface area contributed by atoms with E-state index in [1.165, 1.54) is 30.6 Å². The van der Waals surface area contributed by atoms with Crippen LogP contribution in [0, 0.1) is 5.92 Å². The van der Waals surface area contributed by atoms with Gasteiger partial charge in [0.25, 0.3) is 0 Å². The van der Waals surface area contributed by atoms with Crippen molar-refractivity contribution in [1.29, 1.82) is 0 Å². The van der Waals surface area contributed by atoms with Crippen LogP contribution < -0.4 is 5.32 Å². The summed E-state index contributed by atoms with van der Waals surface area (Å²) in [6.07, 6.45) is 4.49. The predicted molar refractivity (Wildman–Crippen MR) is 102 cm³/mol. The molecule has 0 amide bonds. The number of nitrogens with one attached hydrogen (secondary N) is 2. The van der Waals surface area contributed by atoms with E-state index in [0.717, 1.165) is 28.4 Å². The van der Waals surface area contributed by atoms with Crippen LogP contribution in [0.25, 0.3) is 10.9 Å². The molecule has 4 nitrogen and oxygen atoms in total. The number of benzene rings is 2. The van der Waals surface area contributed by atoms with Gasteiger partial charge < -0.3 is 5.32 Å². The molecule has 1 aliphatic heterocycles. The third kappa shape index (κ3) is 2.79. The lowest BCUT2D eigenvalue weighted by atomic mass is 10.1. The summed E-state index contributed by atoms with van der Waals surface area (Å²) in [6.45, 7) is 2.19. The van der Waals surface area contributed by atoms with Gasteiger partial charge in [-0.2, -0.15) is 5.10 Å². The Morgan fingerprint density at radius 2 is 2.04 bits per heavy atom. The van der Waals surface area contributed by atoms with Crippen molar-refractivity contribution < 1.29 is 0 Å². The summed E-state index contributed by atoms with van der Waals surface area (Å²) < 4.78 is 0. The average Bonchev–Trinajstić information content (AvgIpc) is 3.31. The normalized spacial score (nSPS) is 25.7. The number of anilines is 1. The van der Waals surface area contributed by atoms with E-state index in [2.05, 4.69) is 50.7 Å². The van der Waals surface area contributed by atoms with Crippen LogP contribution in [0.1, 0.15) is 18.4 Å². The Labute approximate surface area is 152 Å². The minimum atomic E-state index is 0.539. The van der Waals surface area contributed by atoms with Crippen molar-refractivity contribution in [3.05, 3.63) is 59.2 Å². The number of hydrogen-bond donors (Lipinski definition) is 2. The highest BCUT2D eigenvalue weighted by Gasteiger charge is 2.46. The largest absolute Gasteiger partial charge is 0.380 e. The topological polar surface area (TPSA) is 44.0 Å². The second-order valence-electron chi connectivity index (χ2n) is 7.30. The number of nitrogens with zero attached hydrogens (tertiary/aromatic N) is 2. The first-order valence-electron chi connectivity index (χ1n) is 8.94. The minimum absolute atomic E-state index is 0.539. The van der Waals surface area contributed by atoms with E-state index < -0.39 is 0 Å². The van der Waals surface area contributed by atoms with Crippen molar-refractivity contribution in [3.8, 4) is 0 Å². The van der Waals surface area contributed by atoms with E-state index in [9.17, 15) is 0 Å². The van der Waals surface area contributed by atoms with Gasteiger partial charge in [0.2, 0.25) is 0 Å². The Bertz CT molecular complexity index is 888. The zero-order valence-electron chi connectivity index (χ0n) is 14.0. The van der Waals surface area contributed by atoms with Gasteiger partial charge in [-0.3, -0.25) is 10.00 Å². The summed E-state index contributed by atoms with van der Waals surface area (Å²) in [5, 5.41) is 12.9. The fraction of sp³-hybridized carbons (Fsp3) is 0.350. The molecule has 1 aliphatic carbocycles. The van der Waals surface area contributed by atoms with Crippen LogP contribution in [0.5, 0.6) is 0 Å². The first-order chi connectivity index (χ1) is 12.3. The minimum Gasteiger partial charge on any atom is -0.380 e. The Morgan fingerprint density at radius 1 is 1.16 bits per heavy atom. The summed E-state index contributed by atoms with van der Waals surface area (Å²) in [6, 6.07) is 15.9. The van der Waals surface area contributed by atoms with E-state index in [-0.39, 0.29) is 0 Å². The SMILES string of the molecule is Clc1ccc(CN2CC3CCC2C3Nc2ccc3[nH]ncc3c2)cc1. The van der Waals surface area contributed by atoms with Gasteiger partial charge in [0.05, 0.1) is 11.7 Å². The van der Waals surface area contributed by atoms with E-state index >= 15 is 0 Å². The van der Waals surface area contributed by atoms with Crippen LogP contribution in [0.15, 0.2) is 48.7 Å². The van der Waals surface area contributed by atoms with Gasteiger partial charge >= 0.3 is 0 Å². The Kier molecular flexibility index (Phi) is 3.68.